The number of carbonyl (C=O) groups is 1. The molecule has 3 nitrogen and oxygen atoms in total. The topological polar surface area (TPSA) is 39.4 Å². The lowest BCUT2D eigenvalue weighted by Crippen LogP contribution is -2.01. The molecule has 1 aromatic carbocycles. The molecule has 0 bridgehead atoms. The van der Waals surface area contributed by atoms with Gasteiger partial charge in [0.25, 0.3) is 0 Å². The molecule has 0 aliphatic carbocycles. The van der Waals surface area contributed by atoms with Crippen LogP contribution in [0.1, 0.15) is 16.1 Å². The Bertz CT molecular complexity index is 528. The molecule has 1 heterocycles. The molecule has 0 atom stereocenters. The molecule has 0 saturated carbocycles. The van der Waals surface area contributed by atoms with E-state index in [9.17, 15) is 9.18 Å². The van der Waals surface area contributed by atoms with Crippen LogP contribution in [0.15, 0.2) is 22.6 Å². The molecule has 0 amide bonds. The van der Waals surface area contributed by atoms with Crippen molar-refractivity contribution in [2.45, 2.75) is 6.92 Å². The van der Waals surface area contributed by atoms with E-state index in [-0.39, 0.29) is 11.1 Å². The van der Waals surface area contributed by atoms with Crippen LogP contribution in [0.5, 0.6) is 0 Å². The van der Waals surface area contributed by atoms with Gasteiger partial charge in [-0.05, 0) is 13.0 Å². The number of benzene rings is 1. The number of methoxy groups -OCH3 is 1. The van der Waals surface area contributed by atoms with Crippen LogP contribution < -0.4 is 0 Å². The number of halogens is 1. The van der Waals surface area contributed by atoms with Crippen LogP contribution in [0.25, 0.3) is 11.0 Å². The van der Waals surface area contributed by atoms with Crippen molar-refractivity contribution in [3.63, 3.8) is 0 Å². The van der Waals surface area contributed by atoms with Crippen molar-refractivity contribution in [1.82, 2.24) is 0 Å². The van der Waals surface area contributed by atoms with E-state index < -0.39 is 11.8 Å². The van der Waals surface area contributed by atoms with Crippen molar-refractivity contribution < 1.29 is 18.3 Å². The molecule has 1 aromatic heterocycles. The molecule has 78 valence electrons. The van der Waals surface area contributed by atoms with E-state index in [1.165, 1.54) is 19.2 Å². The predicted octanol–water partition coefficient (Wildman–Crippen LogP) is 2.67. The molecule has 0 fully saturated rings. The fourth-order valence-corrected chi connectivity index (χ4v) is 1.56. The van der Waals surface area contributed by atoms with Crippen LogP contribution in [0, 0.1) is 12.7 Å². The van der Waals surface area contributed by atoms with Gasteiger partial charge >= 0.3 is 5.97 Å². The minimum atomic E-state index is -0.517. The molecule has 0 spiro atoms. The van der Waals surface area contributed by atoms with E-state index in [2.05, 4.69) is 4.74 Å². The Morgan fingerprint density at radius 2 is 2.20 bits per heavy atom. The highest BCUT2D eigenvalue weighted by Crippen LogP contribution is 2.27. The summed E-state index contributed by atoms with van der Waals surface area (Å²) in [5, 5.41) is 0.444. The molecule has 15 heavy (non-hydrogen) atoms. The first-order valence-corrected chi connectivity index (χ1v) is 4.41. The average molecular weight is 208 g/mol. The number of carbonyl (C=O) groups excluding carboxylic acids is 1. The van der Waals surface area contributed by atoms with Gasteiger partial charge in [0, 0.05) is 5.39 Å². The summed E-state index contributed by atoms with van der Waals surface area (Å²) in [6.45, 7) is 1.60. The summed E-state index contributed by atoms with van der Waals surface area (Å²) in [6, 6.07) is 4.44. The number of para-hydroxylation sites is 1. The van der Waals surface area contributed by atoms with Gasteiger partial charge in [-0.2, -0.15) is 0 Å². The van der Waals surface area contributed by atoms with Crippen molar-refractivity contribution in [3.05, 3.63) is 35.3 Å². The number of rotatable bonds is 1. The second-order valence-electron chi connectivity index (χ2n) is 3.14. The summed E-state index contributed by atoms with van der Waals surface area (Å²) >= 11 is 0. The van der Waals surface area contributed by atoms with E-state index in [4.69, 9.17) is 4.42 Å². The third-order valence-corrected chi connectivity index (χ3v) is 2.23. The maximum atomic E-state index is 13.3. The molecule has 0 aliphatic heterocycles. The SMILES string of the molecule is COC(=O)c1c(C)oc2c(F)cccc12. The quantitative estimate of drug-likeness (QED) is 0.676. The molecular weight excluding hydrogens is 199 g/mol. The van der Waals surface area contributed by atoms with Gasteiger partial charge in [-0.15, -0.1) is 0 Å². The second kappa shape index (κ2) is 3.38. The molecule has 0 N–H and O–H groups in total. The lowest BCUT2D eigenvalue weighted by molar-refractivity contribution is 0.0601. The molecule has 2 aromatic rings. The van der Waals surface area contributed by atoms with Crippen molar-refractivity contribution >= 4 is 16.9 Å². The van der Waals surface area contributed by atoms with Crippen LogP contribution in [-0.4, -0.2) is 13.1 Å². The van der Waals surface area contributed by atoms with Crippen LogP contribution in [0.3, 0.4) is 0 Å². The number of ether oxygens (including phenoxy) is 1. The normalized spacial score (nSPS) is 10.6. The molecule has 2 rings (SSSR count). The van der Waals surface area contributed by atoms with Crippen molar-refractivity contribution in [2.24, 2.45) is 0 Å². The van der Waals surface area contributed by atoms with Gasteiger partial charge < -0.3 is 9.15 Å². The third-order valence-electron chi connectivity index (χ3n) is 2.23. The van der Waals surface area contributed by atoms with Gasteiger partial charge in [-0.3, -0.25) is 0 Å². The highest BCUT2D eigenvalue weighted by atomic mass is 19.1. The first-order valence-electron chi connectivity index (χ1n) is 4.41. The standard InChI is InChI=1S/C11H9FO3/c1-6-9(11(13)14-2)7-4-3-5-8(12)10(7)15-6/h3-5H,1-2H3. The molecule has 0 saturated heterocycles. The van der Waals surface area contributed by atoms with Crippen LogP contribution in [-0.2, 0) is 4.74 Å². The Kier molecular flexibility index (Phi) is 2.19. The molecule has 0 radical (unpaired) electrons. The summed E-state index contributed by atoms with van der Waals surface area (Å²) in [5.41, 5.74) is 0.377. The Morgan fingerprint density at radius 3 is 2.87 bits per heavy atom. The maximum absolute atomic E-state index is 13.3. The van der Waals surface area contributed by atoms with Gasteiger partial charge in [0.15, 0.2) is 11.4 Å². The second-order valence-corrected chi connectivity index (χ2v) is 3.14. The first kappa shape index (κ1) is 9.71. The number of hydrogen-bond donors (Lipinski definition) is 0. The number of fused-ring (bicyclic) bond motifs is 1. The van der Waals surface area contributed by atoms with Crippen molar-refractivity contribution in [1.29, 1.82) is 0 Å². The lowest BCUT2D eigenvalue weighted by atomic mass is 10.1. The van der Waals surface area contributed by atoms with E-state index in [1.54, 1.807) is 13.0 Å². The zero-order valence-corrected chi connectivity index (χ0v) is 8.33. The molecule has 4 heteroatoms. The van der Waals surface area contributed by atoms with Crippen molar-refractivity contribution in [3.8, 4) is 0 Å². The molecule has 0 unspecified atom stereocenters. The fourth-order valence-electron chi connectivity index (χ4n) is 1.56. The Hall–Kier alpha value is -1.84. The highest BCUT2D eigenvalue weighted by Gasteiger charge is 2.20. The number of hydrogen-bond acceptors (Lipinski definition) is 3. The van der Waals surface area contributed by atoms with Crippen molar-refractivity contribution in [2.75, 3.05) is 7.11 Å². The highest BCUT2D eigenvalue weighted by molar-refractivity contribution is 6.04. The minimum Gasteiger partial charge on any atom is -0.465 e. The number of aryl methyl sites for hydroxylation is 1. The minimum absolute atomic E-state index is 0.0930. The summed E-state index contributed by atoms with van der Waals surface area (Å²) in [7, 11) is 1.28. The average Bonchev–Trinajstić information content (AvgIpc) is 2.55. The summed E-state index contributed by atoms with van der Waals surface area (Å²) in [4.78, 5) is 11.4. The Morgan fingerprint density at radius 1 is 1.47 bits per heavy atom. The predicted molar refractivity (Wildman–Crippen MR) is 52.2 cm³/mol. The smallest absolute Gasteiger partial charge is 0.342 e. The maximum Gasteiger partial charge on any atom is 0.342 e. The first-order chi connectivity index (χ1) is 7.15. The van der Waals surface area contributed by atoms with Crippen LogP contribution in [0.2, 0.25) is 0 Å². The Labute approximate surface area is 85.4 Å². The number of furan rings is 1. The van der Waals surface area contributed by atoms with E-state index in [1.807, 2.05) is 0 Å². The zero-order chi connectivity index (χ0) is 11.0. The Balaban J connectivity index is 2.79. The lowest BCUT2D eigenvalue weighted by Gasteiger charge is -1.96. The molecule has 0 aliphatic rings. The summed E-state index contributed by atoms with van der Waals surface area (Å²) in [5.74, 6) is -0.635. The van der Waals surface area contributed by atoms with E-state index >= 15 is 0 Å². The van der Waals surface area contributed by atoms with E-state index in [0.29, 0.717) is 11.1 Å². The zero-order valence-electron chi connectivity index (χ0n) is 8.33. The number of esters is 1. The van der Waals surface area contributed by atoms with Gasteiger partial charge in [0.1, 0.15) is 11.3 Å². The van der Waals surface area contributed by atoms with Crippen LogP contribution in [0.4, 0.5) is 4.39 Å². The van der Waals surface area contributed by atoms with Crippen LogP contribution >= 0.6 is 0 Å². The van der Waals surface area contributed by atoms with E-state index in [0.717, 1.165) is 0 Å². The summed E-state index contributed by atoms with van der Waals surface area (Å²) < 4.78 is 23.1. The third kappa shape index (κ3) is 1.38. The van der Waals surface area contributed by atoms with Gasteiger partial charge in [0.05, 0.1) is 7.11 Å². The van der Waals surface area contributed by atoms with Gasteiger partial charge in [0.2, 0.25) is 0 Å². The summed E-state index contributed by atoms with van der Waals surface area (Å²) in [6.07, 6.45) is 0. The largest absolute Gasteiger partial charge is 0.465 e. The fraction of sp³-hybridized carbons (Fsp3) is 0.182. The monoisotopic (exact) mass is 208 g/mol. The van der Waals surface area contributed by atoms with Gasteiger partial charge in [-0.1, -0.05) is 12.1 Å². The van der Waals surface area contributed by atoms with Gasteiger partial charge in [-0.25, -0.2) is 9.18 Å². The molecular formula is C11H9FO3.